The molecule has 0 radical (unpaired) electrons. The van der Waals surface area contributed by atoms with Gasteiger partial charge in [0.2, 0.25) is 0 Å². The maximum Gasteiger partial charge on any atom is 0.264 e. The minimum atomic E-state index is -3.93. The third-order valence-corrected chi connectivity index (χ3v) is 7.14. The summed E-state index contributed by atoms with van der Waals surface area (Å²) in [5.41, 5.74) is 2.24. The molecule has 0 amide bonds. The summed E-state index contributed by atoms with van der Waals surface area (Å²) in [6.07, 6.45) is 1.16. The standard InChI is InChI=1S/C15H21NO3S3/c1-4-13(20)15-16(8-5-9-22(17,18)19)12-10-11(2)6-7-14(12)21(15)3/h6-7,10,15H,3-5,8-9H2,1-2H3,(H,17,18,19). The highest BCUT2D eigenvalue weighted by Gasteiger charge is 2.33. The van der Waals surface area contributed by atoms with E-state index >= 15 is 0 Å². The van der Waals surface area contributed by atoms with Crippen LogP contribution in [0.25, 0.3) is 0 Å². The molecule has 2 unspecified atom stereocenters. The van der Waals surface area contributed by atoms with Crippen molar-refractivity contribution in [1.82, 2.24) is 0 Å². The fraction of sp³-hybridized carbons (Fsp3) is 0.467. The highest BCUT2D eigenvalue weighted by Crippen LogP contribution is 2.48. The number of nitrogens with zero attached hydrogens (tertiary/aromatic N) is 1. The number of rotatable bonds is 6. The molecule has 1 heterocycles. The number of hydrogen-bond acceptors (Lipinski definition) is 4. The third-order valence-electron chi connectivity index (χ3n) is 3.68. The van der Waals surface area contributed by atoms with E-state index in [9.17, 15) is 8.42 Å². The van der Waals surface area contributed by atoms with E-state index in [1.165, 1.54) is 4.90 Å². The number of anilines is 1. The monoisotopic (exact) mass is 359 g/mol. The molecule has 0 spiro atoms. The molecule has 0 bridgehead atoms. The first kappa shape index (κ1) is 17.6. The lowest BCUT2D eigenvalue weighted by atomic mass is 10.2. The van der Waals surface area contributed by atoms with Crippen molar-refractivity contribution in [3.63, 3.8) is 0 Å². The quantitative estimate of drug-likeness (QED) is 0.624. The van der Waals surface area contributed by atoms with Crippen molar-refractivity contribution >= 4 is 49.2 Å². The Hall–Kier alpha value is -0.760. The molecule has 122 valence electrons. The van der Waals surface area contributed by atoms with Crippen molar-refractivity contribution in [3.8, 4) is 0 Å². The van der Waals surface area contributed by atoms with E-state index in [1.54, 1.807) is 0 Å². The van der Waals surface area contributed by atoms with Crippen LogP contribution in [0.5, 0.6) is 0 Å². The molecule has 0 aromatic heterocycles. The molecule has 1 N–H and O–H groups in total. The van der Waals surface area contributed by atoms with Gasteiger partial charge in [0.05, 0.1) is 11.4 Å². The van der Waals surface area contributed by atoms with Gasteiger partial charge in [-0.05, 0) is 37.5 Å². The van der Waals surface area contributed by atoms with Crippen LogP contribution in [0, 0.1) is 6.92 Å². The van der Waals surface area contributed by atoms with Crippen molar-refractivity contribution in [3.05, 3.63) is 23.8 Å². The molecule has 7 heteroatoms. The van der Waals surface area contributed by atoms with Crippen LogP contribution in [-0.2, 0) is 10.1 Å². The van der Waals surface area contributed by atoms with Crippen LogP contribution in [0.15, 0.2) is 23.1 Å². The van der Waals surface area contributed by atoms with E-state index in [4.69, 9.17) is 16.8 Å². The summed E-state index contributed by atoms with van der Waals surface area (Å²) in [7, 11) is -4.19. The van der Waals surface area contributed by atoms with Crippen molar-refractivity contribution < 1.29 is 13.0 Å². The average molecular weight is 360 g/mol. The maximum atomic E-state index is 10.9. The van der Waals surface area contributed by atoms with Gasteiger partial charge in [0.1, 0.15) is 5.37 Å². The van der Waals surface area contributed by atoms with E-state index in [1.807, 2.05) is 13.8 Å². The summed E-state index contributed by atoms with van der Waals surface area (Å²) in [5.74, 6) is 4.06. The Morgan fingerprint density at radius 1 is 1.50 bits per heavy atom. The molecule has 1 aliphatic rings. The second-order valence-corrected chi connectivity index (χ2v) is 9.25. The molecule has 2 rings (SSSR count). The summed E-state index contributed by atoms with van der Waals surface area (Å²) in [6, 6.07) is 6.26. The molecular formula is C15H21NO3S3. The fourth-order valence-electron chi connectivity index (χ4n) is 2.64. The molecule has 22 heavy (non-hydrogen) atoms. The number of hydrogen-bond donors (Lipinski definition) is 1. The van der Waals surface area contributed by atoms with Crippen LogP contribution in [-0.4, -0.2) is 41.4 Å². The van der Waals surface area contributed by atoms with Crippen molar-refractivity contribution in [2.24, 2.45) is 0 Å². The summed E-state index contributed by atoms with van der Waals surface area (Å²) >= 11 is 5.53. The van der Waals surface area contributed by atoms with Gasteiger partial charge in [-0.3, -0.25) is 4.55 Å². The Balaban J connectivity index is 2.31. The second-order valence-electron chi connectivity index (χ2n) is 5.41. The Labute approximate surface area is 140 Å². The molecule has 4 nitrogen and oxygen atoms in total. The number of benzene rings is 1. The average Bonchev–Trinajstić information content (AvgIpc) is 2.69. The van der Waals surface area contributed by atoms with E-state index in [2.05, 4.69) is 29.0 Å². The summed E-state index contributed by atoms with van der Waals surface area (Å²) in [6.45, 7) is 4.60. The lowest BCUT2D eigenvalue weighted by Gasteiger charge is -2.28. The Bertz CT molecular complexity index is 713. The van der Waals surface area contributed by atoms with Gasteiger partial charge in [0.25, 0.3) is 10.1 Å². The van der Waals surface area contributed by atoms with Crippen LogP contribution in [0.1, 0.15) is 25.3 Å². The van der Waals surface area contributed by atoms with Crippen molar-refractivity contribution in [2.75, 3.05) is 17.2 Å². The zero-order chi connectivity index (χ0) is 16.5. The summed E-state index contributed by atoms with van der Waals surface area (Å²) < 4.78 is 30.8. The van der Waals surface area contributed by atoms with Gasteiger partial charge < -0.3 is 4.90 Å². The minimum Gasteiger partial charge on any atom is -0.354 e. The van der Waals surface area contributed by atoms with Gasteiger partial charge in [0.15, 0.2) is 0 Å². The molecule has 0 saturated heterocycles. The van der Waals surface area contributed by atoms with Gasteiger partial charge in [-0.1, -0.05) is 31.1 Å². The van der Waals surface area contributed by atoms with E-state index in [0.29, 0.717) is 13.0 Å². The minimum absolute atomic E-state index is 0.0400. The SMILES string of the molecule is C=S1c2ccc(C)cc2N(CCCS(=O)(=O)O)C1C(=S)CC. The van der Waals surface area contributed by atoms with E-state index in [0.717, 1.165) is 22.5 Å². The largest absolute Gasteiger partial charge is 0.354 e. The Morgan fingerprint density at radius 3 is 2.77 bits per heavy atom. The highest BCUT2D eigenvalue weighted by molar-refractivity contribution is 8.16. The van der Waals surface area contributed by atoms with Crippen LogP contribution < -0.4 is 4.90 Å². The van der Waals surface area contributed by atoms with E-state index < -0.39 is 10.1 Å². The fourth-order valence-corrected chi connectivity index (χ4v) is 5.54. The molecule has 1 aromatic carbocycles. The predicted octanol–water partition coefficient (Wildman–Crippen LogP) is 3.26. The van der Waals surface area contributed by atoms with Crippen molar-refractivity contribution in [1.29, 1.82) is 0 Å². The van der Waals surface area contributed by atoms with Crippen LogP contribution in [0.2, 0.25) is 0 Å². The lowest BCUT2D eigenvalue weighted by molar-refractivity contribution is 0.481. The highest BCUT2D eigenvalue weighted by atomic mass is 32.2. The zero-order valence-corrected chi connectivity index (χ0v) is 15.2. The Morgan fingerprint density at radius 2 is 2.18 bits per heavy atom. The normalized spacial score (nSPS) is 21.0. The van der Waals surface area contributed by atoms with Gasteiger partial charge in [0, 0.05) is 16.3 Å². The topological polar surface area (TPSA) is 57.6 Å². The Kier molecular flexibility index (Phi) is 5.42. The first-order valence-electron chi connectivity index (χ1n) is 7.12. The predicted molar refractivity (Wildman–Crippen MR) is 99.2 cm³/mol. The summed E-state index contributed by atoms with van der Waals surface area (Å²) in [4.78, 5) is 4.28. The number of thiocarbonyl (C=S) groups is 1. The number of aryl methyl sites for hydroxylation is 1. The molecule has 0 aliphatic carbocycles. The van der Waals surface area contributed by atoms with Gasteiger partial charge in [-0.2, -0.15) is 8.42 Å². The third kappa shape index (κ3) is 3.76. The van der Waals surface area contributed by atoms with Crippen LogP contribution >= 0.6 is 22.7 Å². The maximum absolute atomic E-state index is 10.9. The van der Waals surface area contributed by atoms with Crippen molar-refractivity contribution in [2.45, 2.75) is 37.0 Å². The van der Waals surface area contributed by atoms with Gasteiger partial charge >= 0.3 is 0 Å². The molecule has 1 aromatic rings. The van der Waals surface area contributed by atoms with Crippen LogP contribution in [0.3, 0.4) is 0 Å². The van der Waals surface area contributed by atoms with Crippen LogP contribution in [0.4, 0.5) is 5.69 Å². The molecule has 0 fully saturated rings. The molecule has 1 aliphatic heterocycles. The summed E-state index contributed by atoms with van der Waals surface area (Å²) in [5, 5.41) is 0.0400. The van der Waals surface area contributed by atoms with Gasteiger partial charge in [-0.25, -0.2) is 0 Å². The smallest absolute Gasteiger partial charge is 0.264 e. The second kappa shape index (κ2) is 6.78. The van der Waals surface area contributed by atoms with E-state index in [-0.39, 0.29) is 21.6 Å². The molecular weight excluding hydrogens is 338 g/mol. The first-order chi connectivity index (χ1) is 10.2. The number of fused-ring (bicyclic) bond motifs is 1. The molecule has 2 atom stereocenters. The molecule has 0 saturated carbocycles. The van der Waals surface area contributed by atoms with Gasteiger partial charge in [-0.15, -0.1) is 10.5 Å². The lowest BCUT2D eigenvalue weighted by Crippen LogP contribution is -2.36. The first-order valence-corrected chi connectivity index (χ1v) is 10.6. The zero-order valence-electron chi connectivity index (χ0n) is 12.8.